The lowest BCUT2D eigenvalue weighted by Crippen LogP contribution is -2.21. The average Bonchev–Trinajstić information content (AvgIpc) is 2.76. The Morgan fingerprint density at radius 3 is 2.47 bits per heavy atom. The third-order valence-electron chi connectivity index (χ3n) is 4.92. The van der Waals surface area contributed by atoms with Crippen LogP contribution in [0, 0.1) is 17.5 Å². The van der Waals surface area contributed by atoms with Gasteiger partial charge in [-0.3, -0.25) is 14.4 Å². The number of rotatable bonds is 7. The number of nitrogens with zero attached hydrogens (tertiary/aromatic N) is 1. The summed E-state index contributed by atoms with van der Waals surface area (Å²) in [5.74, 6) is -4.72. The van der Waals surface area contributed by atoms with Crippen LogP contribution in [-0.4, -0.2) is 37.4 Å². The van der Waals surface area contributed by atoms with Crippen LogP contribution in [0.15, 0.2) is 33.5 Å². The number of carbonyl (C=O) groups is 2. The molecule has 2 aromatic carbocycles. The van der Waals surface area contributed by atoms with Gasteiger partial charge in [0.05, 0.1) is 22.3 Å². The lowest BCUT2D eigenvalue weighted by atomic mass is 10.1. The van der Waals surface area contributed by atoms with Gasteiger partial charge in [-0.05, 0) is 32.3 Å². The number of ether oxygens (including phenoxy) is 1. The maximum Gasteiger partial charge on any atom is 0.302 e. The van der Waals surface area contributed by atoms with Crippen molar-refractivity contribution in [2.24, 2.45) is 0 Å². The van der Waals surface area contributed by atoms with Crippen LogP contribution in [-0.2, 0) is 20.9 Å². The van der Waals surface area contributed by atoms with E-state index in [4.69, 9.17) is 10.2 Å². The molecule has 0 fully saturated rings. The van der Waals surface area contributed by atoms with Crippen LogP contribution in [0.2, 0.25) is 0 Å². The van der Waals surface area contributed by atoms with Gasteiger partial charge in [0, 0.05) is 31.5 Å². The van der Waals surface area contributed by atoms with Gasteiger partial charge in [0.1, 0.15) is 18.2 Å². The normalized spacial score (nSPS) is 11.1. The molecule has 1 aromatic heterocycles. The molecule has 0 radical (unpaired) electrons. The molecule has 0 aliphatic heterocycles. The molecular weight excluding hydrogens is 455 g/mol. The predicted molar refractivity (Wildman–Crippen MR) is 119 cm³/mol. The number of hydrogen-bond acceptors (Lipinski definition) is 7. The first-order chi connectivity index (χ1) is 16.0. The molecule has 8 nitrogen and oxygen atoms in total. The smallest absolute Gasteiger partial charge is 0.302 e. The van der Waals surface area contributed by atoms with Gasteiger partial charge in [-0.1, -0.05) is 0 Å². The molecule has 0 saturated heterocycles. The molecule has 0 aliphatic carbocycles. The summed E-state index contributed by atoms with van der Waals surface area (Å²) >= 11 is 0. The van der Waals surface area contributed by atoms with Crippen molar-refractivity contribution >= 4 is 34.2 Å². The topological polar surface area (TPSA) is 115 Å². The minimum absolute atomic E-state index is 0.0617. The van der Waals surface area contributed by atoms with Crippen molar-refractivity contribution in [1.29, 1.82) is 0 Å². The van der Waals surface area contributed by atoms with Gasteiger partial charge in [-0.15, -0.1) is 0 Å². The highest BCUT2D eigenvalue weighted by Gasteiger charge is 2.24. The highest BCUT2D eigenvalue weighted by Crippen LogP contribution is 2.32. The zero-order chi connectivity index (χ0) is 25.2. The number of hydrogen-bond donors (Lipinski definition) is 2. The molecule has 1 heterocycles. The summed E-state index contributed by atoms with van der Waals surface area (Å²) in [5.41, 5.74) is 2.77. The van der Waals surface area contributed by atoms with E-state index in [0.717, 1.165) is 19.1 Å². The number of nitrogen functional groups attached to an aromatic ring is 1. The highest BCUT2D eigenvalue weighted by molar-refractivity contribution is 5.92. The van der Waals surface area contributed by atoms with E-state index in [1.54, 1.807) is 19.0 Å². The molecule has 11 heteroatoms. The second-order valence-corrected chi connectivity index (χ2v) is 7.78. The molecule has 0 unspecified atom stereocenters. The van der Waals surface area contributed by atoms with Gasteiger partial charge in [0.15, 0.2) is 22.6 Å². The van der Waals surface area contributed by atoms with E-state index >= 15 is 4.39 Å². The van der Waals surface area contributed by atoms with Crippen LogP contribution in [0.5, 0.6) is 0 Å². The fraction of sp³-hybridized carbons (Fsp3) is 0.261. The fourth-order valence-corrected chi connectivity index (χ4v) is 3.16. The first-order valence-electron chi connectivity index (χ1n) is 10.1. The average molecular weight is 477 g/mol. The van der Waals surface area contributed by atoms with Gasteiger partial charge in [-0.2, -0.15) is 0 Å². The SMILES string of the molecule is CC(=O)OCc1c(F)c(N)c2c(=O)cc(-c3ccc(NC(=O)CCN(C)C)c(F)c3)oc2c1F. The number of nitrogens with one attached hydrogen (secondary N) is 1. The van der Waals surface area contributed by atoms with E-state index in [2.05, 4.69) is 10.1 Å². The van der Waals surface area contributed by atoms with Crippen molar-refractivity contribution in [3.05, 3.63) is 57.5 Å². The Labute approximate surface area is 192 Å². The van der Waals surface area contributed by atoms with Crippen LogP contribution in [0.4, 0.5) is 24.5 Å². The largest absolute Gasteiger partial charge is 0.461 e. The maximum absolute atomic E-state index is 15.0. The first kappa shape index (κ1) is 24.8. The molecule has 3 aromatic rings. The zero-order valence-electron chi connectivity index (χ0n) is 18.6. The summed E-state index contributed by atoms with van der Waals surface area (Å²) in [6, 6.07) is 4.55. The molecule has 0 aliphatic rings. The maximum atomic E-state index is 15.0. The number of anilines is 2. The first-order valence-corrected chi connectivity index (χ1v) is 10.1. The van der Waals surface area contributed by atoms with Crippen LogP contribution in [0.3, 0.4) is 0 Å². The summed E-state index contributed by atoms with van der Waals surface area (Å²) in [5, 5.41) is 1.91. The van der Waals surface area contributed by atoms with Crippen LogP contribution in [0.1, 0.15) is 18.9 Å². The second-order valence-electron chi connectivity index (χ2n) is 7.78. The Bertz CT molecular complexity index is 1340. The number of fused-ring (bicyclic) bond motifs is 1. The summed E-state index contributed by atoms with van der Waals surface area (Å²) in [4.78, 5) is 37.4. The molecule has 0 bridgehead atoms. The standard InChI is InChI=1S/C23H22F3N3O5/c1-11(30)33-10-13-20(25)22(27)19-16(31)9-17(34-23(19)21(13)26)12-4-5-15(14(24)8-12)28-18(32)6-7-29(2)3/h4-5,8-9H,6-7,10,27H2,1-3H3,(H,28,32). The van der Waals surface area contributed by atoms with Gasteiger partial charge in [0.25, 0.3) is 0 Å². The molecular formula is C23H22F3N3O5. The molecule has 0 spiro atoms. The summed E-state index contributed by atoms with van der Waals surface area (Å²) < 4.78 is 54.3. The molecule has 0 atom stereocenters. The monoisotopic (exact) mass is 477 g/mol. The van der Waals surface area contributed by atoms with Gasteiger partial charge in [0.2, 0.25) is 5.91 Å². The van der Waals surface area contributed by atoms with E-state index in [9.17, 15) is 23.2 Å². The van der Waals surface area contributed by atoms with E-state index in [1.807, 2.05) is 0 Å². The van der Waals surface area contributed by atoms with Crippen molar-refractivity contribution in [3.8, 4) is 11.3 Å². The number of carbonyl (C=O) groups excluding carboxylic acids is 2. The molecule has 3 N–H and O–H groups in total. The van der Waals surface area contributed by atoms with Crippen LogP contribution >= 0.6 is 0 Å². The quantitative estimate of drug-likeness (QED) is 0.396. The van der Waals surface area contributed by atoms with Gasteiger partial charge in [-0.25, -0.2) is 13.2 Å². The van der Waals surface area contributed by atoms with Crippen molar-refractivity contribution in [3.63, 3.8) is 0 Å². The van der Waals surface area contributed by atoms with E-state index in [1.165, 1.54) is 12.1 Å². The minimum Gasteiger partial charge on any atom is -0.461 e. The lowest BCUT2D eigenvalue weighted by molar-refractivity contribution is -0.142. The van der Waals surface area contributed by atoms with Crippen LogP contribution < -0.4 is 16.5 Å². The van der Waals surface area contributed by atoms with E-state index in [0.29, 0.717) is 6.54 Å². The Hall–Kier alpha value is -3.86. The highest BCUT2D eigenvalue weighted by atomic mass is 19.1. The van der Waals surface area contributed by atoms with Crippen molar-refractivity contribution in [2.75, 3.05) is 31.7 Å². The third-order valence-corrected chi connectivity index (χ3v) is 4.92. The Kier molecular flexibility index (Phi) is 7.26. The second kappa shape index (κ2) is 9.96. The number of amides is 1. The summed E-state index contributed by atoms with van der Waals surface area (Å²) in [6.45, 7) is 0.766. The molecule has 3 rings (SSSR count). The Morgan fingerprint density at radius 2 is 1.85 bits per heavy atom. The third kappa shape index (κ3) is 5.20. The van der Waals surface area contributed by atoms with Gasteiger partial charge < -0.3 is 25.1 Å². The molecule has 180 valence electrons. The summed E-state index contributed by atoms with van der Waals surface area (Å²) in [7, 11) is 3.59. The van der Waals surface area contributed by atoms with Crippen molar-refractivity contribution in [1.82, 2.24) is 4.90 Å². The summed E-state index contributed by atoms with van der Waals surface area (Å²) in [6.07, 6.45) is 0.153. The Morgan fingerprint density at radius 1 is 1.15 bits per heavy atom. The van der Waals surface area contributed by atoms with E-state index in [-0.39, 0.29) is 23.4 Å². The predicted octanol–water partition coefficient (Wildman–Crippen LogP) is 3.41. The lowest BCUT2D eigenvalue weighted by Gasteiger charge is -2.12. The number of halogens is 3. The number of nitrogens with two attached hydrogens (primary N) is 1. The number of esters is 1. The molecule has 1 amide bonds. The van der Waals surface area contributed by atoms with Crippen LogP contribution in [0.25, 0.3) is 22.3 Å². The van der Waals surface area contributed by atoms with Crippen molar-refractivity contribution < 1.29 is 31.9 Å². The molecule has 0 saturated carbocycles. The Balaban J connectivity index is 2.02. The van der Waals surface area contributed by atoms with Crippen molar-refractivity contribution in [2.45, 2.75) is 20.0 Å². The number of benzene rings is 2. The van der Waals surface area contributed by atoms with Gasteiger partial charge >= 0.3 is 5.97 Å². The molecule has 34 heavy (non-hydrogen) atoms. The fourth-order valence-electron chi connectivity index (χ4n) is 3.16. The minimum atomic E-state index is -1.27. The zero-order valence-corrected chi connectivity index (χ0v) is 18.6. The van der Waals surface area contributed by atoms with E-state index < -0.39 is 63.6 Å².